The van der Waals surface area contributed by atoms with Gasteiger partial charge in [0.15, 0.2) is 6.61 Å². The third-order valence-electron chi connectivity index (χ3n) is 4.24. The van der Waals surface area contributed by atoms with E-state index >= 15 is 0 Å². The number of aromatic nitrogens is 1. The van der Waals surface area contributed by atoms with Crippen molar-refractivity contribution in [2.75, 3.05) is 13.2 Å². The summed E-state index contributed by atoms with van der Waals surface area (Å²) in [5.41, 5.74) is 2.59. The van der Waals surface area contributed by atoms with Gasteiger partial charge in [0.2, 0.25) is 5.78 Å². The van der Waals surface area contributed by atoms with Crippen LogP contribution in [0.15, 0.2) is 24.3 Å². The lowest BCUT2D eigenvalue weighted by Gasteiger charge is -2.13. The fourth-order valence-electron chi connectivity index (χ4n) is 3.02. The first-order valence-electron chi connectivity index (χ1n) is 8.72. The Hall–Kier alpha value is -2.31. The zero-order valence-electron chi connectivity index (χ0n) is 16.1. The monoisotopic (exact) mass is 424 g/mol. The van der Waals surface area contributed by atoms with Gasteiger partial charge in [0.05, 0.1) is 10.0 Å². The average Bonchev–Trinajstić information content (AvgIpc) is 2.94. The quantitative estimate of drug-likeness (QED) is 0.534. The van der Waals surface area contributed by atoms with Gasteiger partial charge in [-0.25, -0.2) is 0 Å². The van der Waals surface area contributed by atoms with Crippen molar-refractivity contribution < 1.29 is 19.1 Å². The van der Waals surface area contributed by atoms with Crippen LogP contribution >= 0.6 is 23.2 Å². The SMILES string of the molecule is Cc1cc(C(=O)COC(=O)CNC(=O)c2ccc(Cl)c(Cl)c2)c(C)n1C(C)C. The lowest BCUT2D eigenvalue weighted by atomic mass is 10.1. The molecule has 8 heteroatoms. The van der Waals surface area contributed by atoms with E-state index in [4.69, 9.17) is 27.9 Å². The van der Waals surface area contributed by atoms with Crippen LogP contribution < -0.4 is 5.32 Å². The molecule has 0 aliphatic carbocycles. The number of benzene rings is 1. The van der Waals surface area contributed by atoms with Gasteiger partial charge in [-0.1, -0.05) is 23.2 Å². The van der Waals surface area contributed by atoms with Crippen molar-refractivity contribution in [3.63, 3.8) is 0 Å². The topological polar surface area (TPSA) is 77.4 Å². The number of carbonyl (C=O) groups excluding carboxylic acids is 3. The molecule has 0 aliphatic heterocycles. The Kier molecular flexibility index (Phi) is 7.27. The van der Waals surface area contributed by atoms with Gasteiger partial charge in [-0.05, 0) is 52.0 Å². The standard InChI is InChI=1S/C20H22Cl2N2O4/c1-11(2)24-12(3)7-15(13(24)4)18(25)10-28-19(26)9-23-20(27)14-5-6-16(21)17(22)8-14/h5-8,11H,9-10H2,1-4H3,(H,23,27). The van der Waals surface area contributed by atoms with Crippen LogP contribution in [0, 0.1) is 13.8 Å². The van der Waals surface area contributed by atoms with E-state index in [9.17, 15) is 14.4 Å². The number of amides is 1. The number of nitrogens with one attached hydrogen (secondary N) is 1. The number of ketones is 1. The van der Waals surface area contributed by atoms with Gasteiger partial charge >= 0.3 is 5.97 Å². The Balaban J connectivity index is 1.88. The van der Waals surface area contributed by atoms with Gasteiger partial charge in [0.25, 0.3) is 5.91 Å². The number of ether oxygens (including phenoxy) is 1. The lowest BCUT2D eigenvalue weighted by Crippen LogP contribution is -2.31. The summed E-state index contributed by atoms with van der Waals surface area (Å²) in [6.07, 6.45) is 0. The van der Waals surface area contributed by atoms with Crippen LogP contribution in [-0.2, 0) is 9.53 Å². The number of aryl methyl sites for hydroxylation is 1. The molecule has 1 aromatic heterocycles. The van der Waals surface area contributed by atoms with Crippen LogP contribution in [0.25, 0.3) is 0 Å². The molecular weight excluding hydrogens is 403 g/mol. The van der Waals surface area contributed by atoms with Crippen molar-refractivity contribution in [1.82, 2.24) is 9.88 Å². The van der Waals surface area contributed by atoms with Crippen molar-refractivity contribution in [2.45, 2.75) is 33.7 Å². The highest BCUT2D eigenvalue weighted by molar-refractivity contribution is 6.42. The molecule has 0 atom stereocenters. The number of halogens is 2. The van der Waals surface area contributed by atoms with Crippen LogP contribution in [0.2, 0.25) is 10.0 Å². The summed E-state index contributed by atoms with van der Waals surface area (Å²) in [5, 5.41) is 2.98. The first-order chi connectivity index (χ1) is 13.1. The highest BCUT2D eigenvalue weighted by atomic mass is 35.5. The first-order valence-corrected chi connectivity index (χ1v) is 9.48. The van der Waals surface area contributed by atoms with E-state index < -0.39 is 11.9 Å². The van der Waals surface area contributed by atoms with Gasteiger partial charge in [0.1, 0.15) is 6.54 Å². The molecular formula is C20H22Cl2N2O4. The molecule has 0 saturated carbocycles. The summed E-state index contributed by atoms with van der Waals surface area (Å²) in [5.74, 6) is -1.49. The number of nitrogens with zero attached hydrogens (tertiary/aromatic N) is 1. The van der Waals surface area contributed by atoms with E-state index in [1.807, 2.05) is 32.3 Å². The van der Waals surface area contributed by atoms with E-state index in [2.05, 4.69) is 5.32 Å². The average molecular weight is 425 g/mol. The second-order valence-electron chi connectivity index (χ2n) is 6.64. The van der Waals surface area contributed by atoms with E-state index in [1.165, 1.54) is 18.2 Å². The molecule has 150 valence electrons. The molecule has 1 heterocycles. The maximum absolute atomic E-state index is 12.4. The van der Waals surface area contributed by atoms with Gasteiger partial charge in [0, 0.05) is 28.6 Å². The van der Waals surface area contributed by atoms with Crippen LogP contribution in [-0.4, -0.2) is 35.4 Å². The smallest absolute Gasteiger partial charge is 0.325 e. The zero-order chi connectivity index (χ0) is 21.0. The van der Waals surface area contributed by atoms with Crippen molar-refractivity contribution in [3.05, 3.63) is 56.8 Å². The number of hydrogen-bond donors (Lipinski definition) is 1. The second-order valence-corrected chi connectivity index (χ2v) is 7.46. The van der Waals surface area contributed by atoms with Crippen molar-refractivity contribution in [2.24, 2.45) is 0 Å². The third-order valence-corrected chi connectivity index (χ3v) is 4.98. The van der Waals surface area contributed by atoms with E-state index in [-0.39, 0.29) is 35.6 Å². The Morgan fingerprint density at radius 3 is 2.36 bits per heavy atom. The number of esters is 1. The van der Waals surface area contributed by atoms with Gasteiger partial charge in [-0.2, -0.15) is 0 Å². The molecule has 2 rings (SSSR count). The van der Waals surface area contributed by atoms with Gasteiger partial charge < -0.3 is 14.6 Å². The molecule has 6 nitrogen and oxygen atoms in total. The molecule has 0 aliphatic rings. The second kappa shape index (κ2) is 9.26. The molecule has 0 bridgehead atoms. The van der Waals surface area contributed by atoms with Gasteiger partial charge in [-0.3, -0.25) is 14.4 Å². The highest BCUT2D eigenvalue weighted by Crippen LogP contribution is 2.22. The number of rotatable bonds is 7. The summed E-state index contributed by atoms with van der Waals surface area (Å²) in [6, 6.07) is 6.39. The van der Waals surface area contributed by atoms with Crippen LogP contribution in [0.4, 0.5) is 0 Å². The zero-order valence-corrected chi connectivity index (χ0v) is 17.6. The minimum absolute atomic E-state index is 0.223. The first kappa shape index (κ1) is 22.0. The molecule has 0 saturated heterocycles. The minimum atomic E-state index is -0.709. The Morgan fingerprint density at radius 1 is 1.11 bits per heavy atom. The van der Waals surface area contributed by atoms with E-state index in [1.54, 1.807) is 6.07 Å². The largest absolute Gasteiger partial charge is 0.456 e. The summed E-state index contributed by atoms with van der Waals surface area (Å²) in [7, 11) is 0. The minimum Gasteiger partial charge on any atom is -0.456 e. The van der Waals surface area contributed by atoms with E-state index in [0.29, 0.717) is 10.6 Å². The molecule has 0 fully saturated rings. The highest BCUT2D eigenvalue weighted by Gasteiger charge is 2.19. The normalized spacial score (nSPS) is 10.8. The fraction of sp³-hybridized carbons (Fsp3) is 0.350. The summed E-state index contributed by atoms with van der Waals surface area (Å²) in [6.45, 7) is 7.10. The summed E-state index contributed by atoms with van der Waals surface area (Å²) in [4.78, 5) is 36.3. The van der Waals surface area contributed by atoms with Gasteiger partial charge in [-0.15, -0.1) is 0 Å². The molecule has 0 radical (unpaired) electrons. The number of hydrogen-bond acceptors (Lipinski definition) is 4. The summed E-state index contributed by atoms with van der Waals surface area (Å²) < 4.78 is 7.04. The fourth-order valence-corrected chi connectivity index (χ4v) is 3.32. The maximum Gasteiger partial charge on any atom is 0.325 e. The number of Topliss-reactive ketones (excluding diaryl/α,β-unsaturated/α-hetero) is 1. The summed E-state index contributed by atoms with van der Waals surface area (Å²) >= 11 is 11.7. The Bertz CT molecular complexity index is 919. The predicted molar refractivity (Wildman–Crippen MR) is 108 cm³/mol. The predicted octanol–water partition coefficient (Wildman–Crippen LogP) is 4.15. The molecule has 0 spiro atoms. The Morgan fingerprint density at radius 2 is 1.79 bits per heavy atom. The molecule has 2 aromatic rings. The van der Waals surface area contributed by atoms with Crippen molar-refractivity contribution in [1.29, 1.82) is 0 Å². The molecule has 0 unspecified atom stereocenters. The van der Waals surface area contributed by atoms with Crippen LogP contribution in [0.5, 0.6) is 0 Å². The molecule has 1 N–H and O–H groups in total. The van der Waals surface area contributed by atoms with E-state index in [0.717, 1.165) is 11.4 Å². The van der Waals surface area contributed by atoms with Crippen LogP contribution in [0.3, 0.4) is 0 Å². The Labute approximate surface area is 173 Å². The maximum atomic E-state index is 12.4. The molecule has 1 amide bonds. The lowest BCUT2D eigenvalue weighted by molar-refractivity contribution is -0.141. The van der Waals surface area contributed by atoms with Crippen molar-refractivity contribution in [3.8, 4) is 0 Å². The third kappa shape index (κ3) is 5.14. The number of carbonyl (C=O) groups is 3. The molecule has 1 aromatic carbocycles. The van der Waals surface area contributed by atoms with Crippen LogP contribution in [0.1, 0.15) is 52.0 Å². The van der Waals surface area contributed by atoms with Crippen molar-refractivity contribution >= 4 is 40.9 Å². The molecule has 28 heavy (non-hydrogen) atoms.